The summed E-state index contributed by atoms with van der Waals surface area (Å²) in [5.74, 6) is 0.0378. The minimum Gasteiger partial charge on any atom is -0.324 e. The van der Waals surface area contributed by atoms with Crippen LogP contribution in [0, 0.1) is 0 Å². The number of hydrogen-bond acceptors (Lipinski definition) is 10. The zero-order valence-corrected chi connectivity index (χ0v) is 15.5. The molecule has 0 saturated carbocycles. The lowest BCUT2D eigenvalue weighted by atomic mass is 10.3. The maximum absolute atomic E-state index is 11.9. The number of anilines is 2. The van der Waals surface area contributed by atoms with Crippen LogP contribution in [-0.4, -0.2) is 38.4 Å². The van der Waals surface area contributed by atoms with Crippen LogP contribution in [0.5, 0.6) is 0 Å². The quantitative estimate of drug-likeness (QED) is 0.695. The molecule has 0 aliphatic heterocycles. The molecule has 1 N–H and O–H groups in total. The first kappa shape index (κ1) is 19.8. The largest absolute Gasteiger partial charge is 0.414 e. The molecule has 10 nitrogen and oxygen atoms in total. The number of benzene rings is 1. The third-order valence-corrected chi connectivity index (χ3v) is 5.51. The van der Waals surface area contributed by atoms with Crippen LogP contribution < -0.4 is 5.32 Å². The van der Waals surface area contributed by atoms with Crippen molar-refractivity contribution in [2.24, 2.45) is 0 Å². The fourth-order valence-electron chi connectivity index (χ4n) is 1.53. The number of nitrogens with zero attached hydrogens (tertiary/aromatic N) is 3. The SMILES string of the molecule is CCOS(=O)(=O)OS(=O)(=O)c1ccc(Nc2nc(Cl)nc(Cl)n2)cc1. The average Bonchev–Trinajstić information content (AvgIpc) is 2.45. The second-order valence-electron chi connectivity index (χ2n) is 4.18. The number of nitrogens with one attached hydrogen (secondary N) is 1. The Morgan fingerprint density at radius 2 is 1.56 bits per heavy atom. The van der Waals surface area contributed by atoms with E-state index in [9.17, 15) is 16.8 Å². The van der Waals surface area contributed by atoms with Crippen molar-refractivity contribution in [3.63, 3.8) is 0 Å². The van der Waals surface area contributed by atoms with Gasteiger partial charge in [-0.3, -0.25) is 0 Å². The van der Waals surface area contributed by atoms with E-state index in [4.69, 9.17) is 23.2 Å². The molecule has 1 aromatic carbocycles. The van der Waals surface area contributed by atoms with Gasteiger partial charge in [0.25, 0.3) is 0 Å². The average molecular weight is 429 g/mol. The predicted molar refractivity (Wildman–Crippen MR) is 88.4 cm³/mol. The molecule has 0 unspecified atom stereocenters. The van der Waals surface area contributed by atoms with Gasteiger partial charge in [0, 0.05) is 5.69 Å². The van der Waals surface area contributed by atoms with Crippen molar-refractivity contribution in [2.45, 2.75) is 11.8 Å². The van der Waals surface area contributed by atoms with Crippen LogP contribution in [-0.2, 0) is 28.3 Å². The first-order valence-electron chi connectivity index (χ1n) is 6.41. The maximum Gasteiger partial charge on any atom is 0.414 e. The van der Waals surface area contributed by atoms with Crippen molar-refractivity contribution in [1.82, 2.24) is 15.0 Å². The molecule has 0 radical (unpaired) electrons. The summed E-state index contributed by atoms with van der Waals surface area (Å²) in [5, 5.41) is 2.47. The van der Waals surface area contributed by atoms with Gasteiger partial charge in [-0.15, -0.1) is 3.63 Å². The fraction of sp³-hybridized carbons (Fsp3) is 0.182. The summed E-state index contributed by atoms with van der Waals surface area (Å²) in [6, 6.07) is 4.89. The third-order valence-electron chi connectivity index (χ3n) is 2.42. The molecule has 0 amide bonds. The molecule has 1 heterocycles. The summed E-state index contributed by atoms with van der Waals surface area (Å²) >= 11 is 11.3. The van der Waals surface area contributed by atoms with Gasteiger partial charge in [-0.05, 0) is 54.4 Å². The zero-order valence-electron chi connectivity index (χ0n) is 12.4. The predicted octanol–water partition coefficient (Wildman–Crippen LogP) is 1.91. The van der Waals surface area contributed by atoms with Gasteiger partial charge in [-0.1, -0.05) is 0 Å². The molecule has 0 atom stereocenters. The van der Waals surface area contributed by atoms with E-state index in [0.717, 1.165) is 12.1 Å². The highest BCUT2D eigenvalue weighted by molar-refractivity contribution is 7.97. The van der Waals surface area contributed by atoms with Crippen LogP contribution in [0.3, 0.4) is 0 Å². The van der Waals surface area contributed by atoms with Crippen LogP contribution >= 0.6 is 23.2 Å². The molecule has 0 aliphatic carbocycles. The highest BCUT2D eigenvalue weighted by Gasteiger charge is 2.25. The topological polar surface area (TPSA) is 137 Å². The first-order chi connectivity index (χ1) is 11.6. The Morgan fingerprint density at radius 1 is 1.00 bits per heavy atom. The minimum absolute atomic E-state index is 0.0378. The number of rotatable bonds is 7. The lowest BCUT2D eigenvalue weighted by molar-refractivity contribution is 0.289. The van der Waals surface area contributed by atoms with Crippen molar-refractivity contribution in [2.75, 3.05) is 11.9 Å². The Bertz CT molecular complexity index is 946. The highest BCUT2D eigenvalue weighted by atomic mass is 35.5. The second-order valence-corrected chi connectivity index (χ2v) is 7.84. The van der Waals surface area contributed by atoms with E-state index in [-0.39, 0.29) is 23.1 Å². The monoisotopic (exact) mass is 428 g/mol. The van der Waals surface area contributed by atoms with E-state index in [2.05, 4.69) is 28.1 Å². The molecule has 0 aliphatic rings. The Kier molecular flexibility index (Phi) is 6.13. The molecular weight excluding hydrogens is 419 g/mol. The summed E-state index contributed by atoms with van der Waals surface area (Å²) in [6.07, 6.45) is 0. The normalized spacial score (nSPS) is 12.1. The van der Waals surface area contributed by atoms with Gasteiger partial charge in [0.05, 0.1) is 11.5 Å². The van der Waals surface area contributed by atoms with E-state index in [1.54, 1.807) is 0 Å². The molecule has 2 aromatic rings. The Balaban J connectivity index is 2.19. The summed E-state index contributed by atoms with van der Waals surface area (Å²) < 4.78 is 54.7. The van der Waals surface area contributed by atoms with Crippen LogP contribution in [0.1, 0.15) is 6.92 Å². The maximum atomic E-state index is 11.9. The molecule has 136 valence electrons. The zero-order chi connectivity index (χ0) is 18.7. The Labute approximate surface area is 153 Å². The van der Waals surface area contributed by atoms with Crippen molar-refractivity contribution < 1.29 is 24.6 Å². The van der Waals surface area contributed by atoms with E-state index in [1.807, 2.05) is 0 Å². The van der Waals surface area contributed by atoms with E-state index in [0.29, 0.717) is 5.69 Å². The molecule has 14 heteroatoms. The van der Waals surface area contributed by atoms with Gasteiger partial charge in [0.15, 0.2) is 0 Å². The smallest absolute Gasteiger partial charge is 0.324 e. The lowest BCUT2D eigenvalue weighted by Gasteiger charge is -2.07. The van der Waals surface area contributed by atoms with E-state index in [1.165, 1.54) is 19.1 Å². The van der Waals surface area contributed by atoms with Crippen molar-refractivity contribution in [3.05, 3.63) is 34.8 Å². The molecule has 0 spiro atoms. The molecule has 0 saturated heterocycles. The Morgan fingerprint density at radius 3 is 2.08 bits per heavy atom. The van der Waals surface area contributed by atoms with Gasteiger partial charge >= 0.3 is 20.5 Å². The van der Waals surface area contributed by atoms with Gasteiger partial charge in [-0.2, -0.15) is 31.8 Å². The second kappa shape index (κ2) is 7.76. The van der Waals surface area contributed by atoms with Crippen molar-refractivity contribution >= 4 is 55.4 Å². The van der Waals surface area contributed by atoms with E-state index < -0.39 is 25.4 Å². The van der Waals surface area contributed by atoms with Gasteiger partial charge < -0.3 is 5.32 Å². The molecule has 2 rings (SSSR count). The summed E-state index contributed by atoms with van der Waals surface area (Å²) in [6.45, 7) is 1.10. The standard InChI is InChI=1S/C11H10Cl2N4O6S2/c1-2-22-25(20,21)23-24(18,19)8-5-3-7(4-6-8)14-11-16-9(12)15-10(13)17-11/h3-6H,2H2,1H3,(H,14,15,16,17). The van der Waals surface area contributed by atoms with Crippen LogP contribution in [0.25, 0.3) is 0 Å². The molecular formula is C11H10Cl2N4O6S2. The molecule has 25 heavy (non-hydrogen) atoms. The molecule has 0 fully saturated rings. The highest BCUT2D eigenvalue weighted by Crippen LogP contribution is 2.21. The molecule has 1 aromatic heterocycles. The van der Waals surface area contributed by atoms with E-state index >= 15 is 0 Å². The van der Waals surface area contributed by atoms with Gasteiger partial charge in [0.2, 0.25) is 16.5 Å². The number of halogens is 2. The number of hydrogen-bond donors (Lipinski definition) is 1. The van der Waals surface area contributed by atoms with Crippen molar-refractivity contribution in [3.8, 4) is 0 Å². The number of aromatic nitrogens is 3. The fourth-order valence-corrected chi connectivity index (χ4v) is 4.00. The van der Waals surface area contributed by atoms with Crippen LogP contribution in [0.4, 0.5) is 11.6 Å². The molecule has 0 bridgehead atoms. The van der Waals surface area contributed by atoms with Crippen molar-refractivity contribution in [1.29, 1.82) is 0 Å². The summed E-state index contributed by atoms with van der Waals surface area (Å²) in [7, 11) is -9.23. The Hall–Kier alpha value is -1.57. The van der Waals surface area contributed by atoms with Crippen LogP contribution in [0.15, 0.2) is 29.2 Å². The summed E-state index contributed by atoms with van der Waals surface area (Å²) in [4.78, 5) is 10.7. The van der Waals surface area contributed by atoms with Crippen LogP contribution in [0.2, 0.25) is 10.6 Å². The van der Waals surface area contributed by atoms with Gasteiger partial charge in [-0.25, -0.2) is 4.18 Å². The summed E-state index contributed by atoms with van der Waals surface area (Å²) in [5.41, 5.74) is 0.380. The minimum atomic E-state index is -4.67. The first-order valence-corrected chi connectivity index (χ1v) is 9.91. The van der Waals surface area contributed by atoms with Gasteiger partial charge in [0.1, 0.15) is 0 Å². The lowest BCUT2D eigenvalue weighted by Crippen LogP contribution is -2.16. The third kappa shape index (κ3) is 5.73.